The van der Waals surface area contributed by atoms with E-state index in [1.54, 1.807) is 24.3 Å². The van der Waals surface area contributed by atoms with Gasteiger partial charge in [0, 0.05) is 12.1 Å². The molecular formula is C13H19ClO3S. The summed E-state index contributed by atoms with van der Waals surface area (Å²) in [5, 5.41) is 0. The van der Waals surface area contributed by atoms with Crippen molar-refractivity contribution in [1.29, 1.82) is 0 Å². The van der Waals surface area contributed by atoms with Gasteiger partial charge in [-0.1, -0.05) is 12.8 Å². The number of alkyl halides is 1. The van der Waals surface area contributed by atoms with Crippen LogP contribution in [0.2, 0.25) is 0 Å². The average Bonchev–Trinajstić information content (AvgIpc) is 2.33. The van der Waals surface area contributed by atoms with Crippen LogP contribution >= 0.6 is 11.6 Å². The van der Waals surface area contributed by atoms with Crippen molar-refractivity contribution in [2.45, 2.75) is 30.6 Å². The quantitative estimate of drug-likeness (QED) is 0.545. The largest absolute Gasteiger partial charge is 0.494 e. The van der Waals surface area contributed by atoms with E-state index in [4.69, 9.17) is 16.3 Å². The van der Waals surface area contributed by atoms with Crippen molar-refractivity contribution >= 4 is 21.4 Å². The molecule has 0 saturated heterocycles. The summed E-state index contributed by atoms with van der Waals surface area (Å²) in [5.74, 6) is 1.42. The number of unbranched alkanes of at least 4 members (excludes halogenated alkanes) is 3. The van der Waals surface area contributed by atoms with Crippen molar-refractivity contribution in [1.82, 2.24) is 0 Å². The maximum atomic E-state index is 11.3. The Morgan fingerprint density at radius 3 is 2.22 bits per heavy atom. The number of benzene rings is 1. The van der Waals surface area contributed by atoms with Crippen molar-refractivity contribution < 1.29 is 13.2 Å². The number of rotatable bonds is 8. The number of hydrogen-bond acceptors (Lipinski definition) is 3. The molecule has 1 rings (SSSR count). The molecule has 0 radical (unpaired) electrons. The molecule has 1 aromatic carbocycles. The minimum atomic E-state index is -3.12. The zero-order valence-electron chi connectivity index (χ0n) is 10.6. The van der Waals surface area contributed by atoms with Gasteiger partial charge in [-0.2, -0.15) is 0 Å². The molecule has 5 heteroatoms. The standard InChI is InChI=1S/C13H19ClO3S/c1-18(15,16)13-8-6-12(7-9-13)17-11-5-3-2-4-10-14/h6-9H,2-5,10-11H2,1H3. The van der Waals surface area contributed by atoms with Gasteiger partial charge in [-0.3, -0.25) is 0 Å². The number of halogens is 1. The van der Waals surface area contributed by atoms with Crippen LogP contribution in [0.1, 0.15) is 25.7 Å². The first-order valence-corrected chi connectivity index (χ1v) is 8.45. The van der Waals surface area contributed by atoms with Gasteiger partial charge in [-0.25, -0.2) is 8.42 Å². The molecule has 0 saturated carbocycles. The van der Waals surface area contributed by atoms with Gasteiger partial charge in [0.15, 0.2) is 9.84 Å². The molecule has 0 atom stereocenters. The fourth-order valence-electron chi connectivity index (χ4n) is 1.52. The van der Waals surface area contributed by atoms with Crippen LogP contribution < -0.4 is 4.74 Å². The third-order valence-corrected chi connectivity index (χ3v) is 3.94. The minimum absolute atomic E-state index is 0.317. The number of hydrogen-bond donors (Lipinski definition) is 0. The van der Waals surface area contributed by atoms with Crippen LogP contribution in [-0.2, 0) is 9.84 Å². The van der Waals surface area contributed by atoms with E-state index in [9.17, 15) is 8.42 Å². The molecular weight excluding hydrogens is 272 g/mol. The normalized spacial score (nSPS) is 11.4. The third-order valence-electron chi connectivity index (χ3n) is 2.55. The molecule has 0 aromatic heterocycles. The number of sulfone groups is 1. The first-order chi connectivity index (χ1) is 8.54. The lowest BCUT2D eigenvalue weighted by atomic mass is 10.2. The van der Waals surface area contributed by atoms with E-state index in [1.165, 1.54) is 6.26 Å². The summed E-state index contributed by atoms with van der Waals surface area (Å²) in [5.41, 5.74) is 0. The topological polar surface area (TPSA) is 43.4 Å². The lowest BCUT2D eigenvalue weighted by Crippen LogP contribution is -1.99. The Kier molecular flexibility index (Phi) is 6.50. The summed E-state index contributed by atoms with van der Waals surface area (Å²) in [6, 6.07) is 6.51. The lowest BCUT2D eigenvalue weighted by molar-refractivity contribution is 0.305. The van der Waals surface area contributed by atoms with E-state index in [0.717, 1.165) is 25.7 Å². The van der Waals surface area contributed by atoms with E-state index in [-0.39, 0.29) is 0 Å². The van der Waals surface area contributed by atoms with Gasteiger partial charge in [0.05, 0.1) is 11.5 Å². The van der Waals surface area contributed by atoms with E-state index in [2.05, 4.69) is 0 Å². The maximum Gasteiger partial charge on any atom is 0.175 e. The molecule has 0 heterocycles. The SMILES string of the molecule is CS(=O)(=O)c1ccc(OCCCCCCCl)cc1. The summed E-state index contributed by atoms with van der Waals surface area (Å²) < 4.78 is 28.0. The predicted octanol–water partition coefficient (Wildman–Crippen LogP) is 3.27. The Morgan fingerprint density at radius 1 is 1.06 bits per heavy atom. The maximum absolute atomic E-state index is 11.3. The van der Waals surface area contributed by atoms with E-state index in [0.29, 0.717) is 23.1 Å². The zero-order chi connectivity index (χ0) is 13.4. The highest BCUT2D eigenvalue weighted by atomic mass is 35.5. The van der Waals surface area contributed by atoms with Gasteiger partial charge in [-0.05, 0) is 37.1 Å². The molecule has 3 nitrogen and oxygen atoms in total. The average molecular weight is 291 g/mol. The minimum Gasteiger partial charge on any atom is -0.494 e. The van der Waals surface area contributed by atoms with Crippen LogP contribution in [0.15, 0.2) is 29.2 Å². The molecule has 0 aliphatic heterocycles. The fraction of sp³-hybridized carbons (Fsp3) is 0.538. The van der Waals surface area contributed by atoms with Crippen molar-refractivity contribution in [3.05, 3.63) is 24.3 Å². The second-order valence-electron chi connectivity index (χ2n) is 4.20. The van der Waals surface area contributed by atoms with E-state index < -0.39 is 9.84 Å². The van der Waals surface area contributed by atoms with Crippen molar-refractivity contribution in [2.24, 2.45) is 0 Å². The summed E-state index contributed by atoms with van der Waals surface area (Å²) in [7, 11) is -3.12. The fourth-order valence-corrected chi connectivity index (χ4v) is 2.34. The van der Waals surface area contributed by atoms with Crippen molar-refractivity contribution in [2.75, 3.05) is 18.7 Å². The van der Waals surface area contributed by atoms with Crippen LogP contribution in [0, 0.1) is 0 Å². The molecule has 0 spiro atoms. The monoisotopic (exact) mass is 290 g/mol. The second-order valence-corrected chi connectivity index (χ2v) is 6.59. The Bertz CT molecular complexity index is 440. The second kappa shape index (κ2) is 7.64. The third kappa shape index (κ3) is 5.74. The summed E-state index contributed by atoms with van der Waals surface area (Å²) in [6.45, 7) is 0.653. The van der Waals surface area contributed by atoms with Crippen molar-refractivity contribution in [3.8, 4) is 5.75 Å². The Labute approximate surface area is 114 Å². The Hall–Kier alpha value is -0.740. The zero-order valence-corrected chi connectivity index (χ0v) is 12.1. The molecule has 102 valence electrons. The Balaban J connectivity index is 2.32. The molecule has 0 aliphatic rings. The molecule has 0 bridgehead atoms. The van der Waals surface area contributed by atoms with Gasteiger partial charge >= 0.3 is 0 Å². The first-order valence-electron chi connectivity index (χ1n) is 6.03. The Morgan fingerprint density at radius 2 is 1.67 bits per heavy atom. The summed E-state index contributed by atoms with van der Waals surface area (Å²) in [4.78, 5) is 0.317. The summed E-state index contributed by atoms with van der Waals surface area (Å²) >= 11 is 5.58. The first kappa shape index (κ1) is 15.3. The van der Waals surface area contributed by atoms with Gasteiger partial charge in [0.2, 0.25) is 0 Å². The van der Waals surface area contributed by atoms with E-state index >= 15 is 0 Å². The molecule has 1 aromatic rings. The predicted molar refractivity (Wildman–Crippen MR) is 74.2 cm³/mol. The summed E-state index contributed by atoms with van der Waals surface area (Å²) in [6.07, 6.45) is 5.46. The van der Waals surface area contributed by atoms with Gasteiger partial charge in [0.1, 0.15) is 5.75 Å². The molecule has 18 heavy (non-hydrogen) atoms. The highest BCUT2D eigenvalue weighted by Crippen LogP contribution is 2.16. The van der Waals surface area contributed by atoms with Crippen LogP contribution in [0.3, 0.4) is 0 Å². The van der Waals surface area contributed by atoms with Crippen LogP contribution in [-0.4, -0.2) is 27.2 Å². The van der Waals surface area contributed by atoms with E-state index in [1.807, 2.05) is 0 Å². The highest BCUT2D eigenvalue weighted by molar-refractivity contribution is 7.90. The molecule has 0 fully saturated rings. The van der Waals surface area contributed by atoms with Gasteiger partial charge in [0.25, 0.3) is 0 Å². The van der Waals surface area contributed by atoms with Crippen molar-refractivity contribution in [3.63, 3.8) is 0 Å². The van der Waals surface area contributed by atoms with Crippen LogP contribution in [0.4, 0.5) is 0 Å². The molecule has 0 unspecified atom stereocenters. The van der Waals surface area contributed by atoms with Gasteiger partial charge < -0.3 is 4.74 Å². The molecule has 0 aliphatic carbocycles. The molecule has 0 N–H and O–H groups in total. The van der Waals surface area contributed by atoms with Crippen LogP contribution in [0.25, 0.3) is 0 Å². The van der Waals surface area contributed by atoms with Gasteiger partial charge in [-0.15, -0.1) is 11.6 Å². The lowest BCUT2D eigenvalue weighted by Gasteiger charge is -2.06. The molecule has 0 amide bonds. The highest BCUT2D eigenvalue weighted by Gasteiger charge is 2.06. The smallest absolute Gasteiger partial charge is 0.175 e. The van der Waals surface area contributed by atoms with Crippen LogP contribution in [0.5, 0.6) is 5.75 Å². The number of ether oxygens (including phenoxy) is 1.